The number of ether oxygens (including phenoxy) is 2. The normalized spacial score (nSPS) is 11.2. The van der Waals surface area contributed by atoms with Crippen LogP contribution in [0.4, 0.5) is 5.69 Å². The number of hydrogen-bond donors (Lipinski definition) is 1. The number of hydrogen-bond acceptors (Lipinski definition) is 8. The van der Waals surface area contributed by atoms with Crippen molar-refractivity contribution in [1.82, 2.24) is 4.31 Å². The van der Waals surface area contributed by atoms with Crippen molar-refractivity contribution >= 4 is 56.5 Å². The zero-order chi connectivity index (χ0) is 21.8. The van der Waals surface area contributed by atoms with Gasteiger partial charge in [0.25, 0.3) is 10.0 Å². The molecule has 0 spiro atoms. The molecule has 1 aromatic carbocycles. The first-order valence-corrected chi connectivity index (χ1v) is 10.5. The third-order valence-electron chi connectivity index (χ3n) is 3.64. The summed E-state index contributed by atoms with van der Waals surface area (Å²) in [7, 11) is -0.318. The van der Waals surface area contributed by atoms with E-state index >= 15 is 0 Å². The van der Waals surface area contributed by atoms with Gasteiger partial charge in [-0.05, 0) is 30.3 Å². The molecule has 0 aliphatic rings. The number of halogens is 1. The number of nitrogens with one attached hydrogen (secondary N) is 1. The topological polar surface area (TPSA) is 119 Å². The Bertz CT molecular complexity index is 1020. The summed E-state index contributed by atoms with van der Waals surface area (Å²) >= 11 is 6.64. The molecular formula is C17H17ClN2O7S2. The van der Waals surface area contributed by atoms with Gasteiger partial charge in [0.05, 0.1) is 36.2 Å². The summed E-state index contributed by atoms with van der Waals surface area (Å²) in [6, 6.07) is 6.64. The Morgan fingerprint density at radius 2 is 1.62 bits per heavy atom. The van der Waals surface area contributed by atoms with Gasteiger partial charge in [0.15, 0.2) is 0 Å². The van der Waals surface area contributed by atoms with E-state index in [0.29, 0.717) is 4.34 Å². The van der Waals surface area contributed by atoms with Crippen molar-refractivity contribution in [3.05, 3.63) is 45.8 Å². The van der Waals surface area contributed by atoms with E-state index in [4.69, 9.17) is 11.6 Å². The van der Waals surface area contributed by atoms with Crippen LogP contribution in [0.1, 0.15) is 20.7 Å². The fourth-order valence-corrected chi connectivity index (χ4v) is 5.07. The lowest BCUT2D eigenvalue weighted by molar-refractivity contribution is -0.116. The Kier molecular flexibility index (Phi) is 7.36. The van der Waals surface area contributed by atoms with Gasteiger partial charge in [0, 0.05) is 12.7 Å². The fourth-order valence-electron chi connectivity index (χ4n) is 2.25. The van der Waals surface area contributed by atoms with Gasteiger partial charge in [-0.25, -0.2) is 18.0 Å². The molecular weight excluding hydrogens is 444 g/mol. The van der Waals surface area contributed by atoms with E-state index in [-0.39, 0.29) is 21.0 Å². The van der Waals surface area contributed by atoms with Crippen molar-refractivity contribution in [3.8, 4) is 0 Å². The van der Waals surface area contributed by atoms with E-state index < -0.39 is 34.4 Å². The zero-order valence-corrected chi connectivity index (χ0v) is 18.0. The largest absolute Gasteiger partial charge is 0.465 e. The molecule has 12 heteroatoms. The van der Waals surface area contributed by atoms with E-state index in [1.807, 2.05) is 0 Å². The maximum Gasteiger partial charge on any atom is 0.337 e. The Morgan fingerprint density at radius 3 is 2.07 bits per heavy atom. The summed E-state index contributed by atoms with van der Waals surface area (Å²) in [5, 5.41) is 2.46. The number of benzene rings is 1. The maximum atomic E-state index is 12.5. The van der Waals surface area contributed by atoms with Crippen molar-refractivity contribution in [2.24, 2.45) is 0 Å². The third-order valence-corrected chi connectivity index (χ3v) is 7.14. The molecule has 2 rings (SSSR count). The maximum absolute atomic E-state index is 12.5. The minimum Gasteiger partial charge on any atom is -0.465 e. The van der Waals surface area contributed by atoms with Gasteiger partial charge in [-0.1, -0.05) is 11.6 Å². The molecule has 2 aromatic rings. The Hall–Kier alpha value is -2.47. The number of esters is 2. The minimum atomic E-state index is -3.90. The second-order valence-electron chi connectivity index (χ2n) is 5.65. The van der Waals surface area contributed by atoms with Gasteiger partial charge in [-0.2, -0.15) is 4.31 Å². The molecule has 0 atom stereocenters. The molecule has 1 N–H and O–H groups in total. The number of carbonyl (C=O) groups excluding carboxylic acids is 3. The Morgan fingerprint density at radius 1 is 1.07 bits per heavy atom. The Balaban J connectivity index is 2.21. The molecule has 9 nitrogen and oxygen atoms in total. The van der Waals surface area contributed by atoms with Crippen LogP contribution in [-0.2, 0) is 24.3 Å². The van der Waals surface area contributed by atoms with Gasteiger partial charge in [-0.3, -0.25) is 4.79 Å². The number of carbonyl (C=O) groups is 3. The predicted molar refractivity (Wildman–Crippen MR) is 107 cm³/mol. The molecule has 0 fully saturated rings. The summed E-state index contributed by atoms with van der Waals surface area (Å²) < 4.78 is 35.4. The molecule has 0 aliphatic carbocycles. The molecule has 1 aromatic heterocycles. The molecule has 0 bridgehead atoms. The molecule has 1 heterocycles. The quantitative estimate of drug-likeness (QED) is 0.629. The van der Waals surface area contributed by atoms with Crippen LogP contribution in [0.15, 0.2) is 34.5 Å². The lowest BCUT2D eigenvalue weighted by atomic mass is 10.1. The first-order chi connectivity index (χ1) is 13.6. The van der Waals surface area contributed by atoms with Crippen molar-refractivity contribution in [2.45, 2.75) is 4.21 Å². The van der Waals surface area contributed by atoms with E-state index in [1.54, 1.807) is 0 Å². The van der Waals surface area contributed by atoms with E-state index in [1.165, 1.54) is 51.6 Å². The molecule has 0 unspecified atom stereocenters. The number of rotatable bonds is 7. The SMILES string of the molecule is COC(=O)c1cc(NC(=O)CN(C)S(=O)(=O)c2ccc(Cl)s2)cc(C(=O)OC)c1. The molecule has 1 amide bonds. The number of anilines is 1. The number of thiophene rings is 1. The molecule has 0 saturated carbocycles. The summed E-state index contributed by atoms with van der Waals surface area (Å²) in [6.45, 7) is -0.506. The standard InChI is InChI=1S/C17H17ClN2O7S2/c1-20(29(24,25)15-5-4-13(18)28-15)9-14(21)19-12-7-10(16(22)26-2)6-11(8-12)17(23)27-3/h4-8H,9H2,1-3H3,(H,19,21). The van der Waals surface area contributed by atoms with Crippen LogP contribution in [0, 0.1) is 0 Å². The van der Waals surface area contributed by atoms with Crippen LogP contribution in [0.3, 0.4) is 0 Å². The smallest absolute Gasteiger partial charge is 0.337 e. The minimum absolute atomic E-state index is 0.00142. The number of nitrogens with zero attached hydrogens (tertiary/aromatic N) is 1. The number of sulfonamides is 1. The van der Waals surface area contributed by atoms with Crippen LogP contribution in [0.5, 0.6) is 0 Å². The highest BCUT2D eigenvalue weighted by Gasteiger charge is 2.25. The van der Waals surface area contributed by atoms with Crippen LogP contribution in [-0.4, -0.2) is 58.4 Å². The highest BCUT2D eigenvalue weighted by molar-refractivity contribution is 7.91. The summed E-state index contributed by atoms with van der Waals surface area (Å²) in [5.74, 6) is -2.13. The van der Waals surface area contributed by atoms with E-state index in [0.717, 1.165) is 15.6 Å². The molecule has 0 saturated heterocycles. The Labute approximate surface area is 176 Å². The lowest BCUT2D eigenvalue weighted by Crippen LogP contribution is -2.34. The summed E-state index contributed by atoms with van der Waals surface area (Å²) in [5.41, 5.74) is 0.128. The predicted octanol–water partition coefficient (Wildman–Crippen LogP) is 2.23. The van der Waals surface area contributed by atoms with Crippen LogP contribution in [0.25, 0.3) is 0 Å². The van der Waals surface area contributed by atoms with E-state index in [2.05, 4.69) is 14.8 Å². The summed E-state index contributed by atoms with van der Waals surface area (Å²) in [4.78, 5) is 35.9. The van der Waals surface area contributed by atoms with Crippen molar-refractivity contribution < 1.29 is 32.3 Å². The first kappa shape index (κ1) is 22.8. The third kappa shape index (κ3) is 5.54. The second kappa shape index (κ2) is 9.35. The van der Waals surface area contributed by atoms with Crippen molar-refractivity contribution in [1.29, 1.82) is 0 Å². The molecule has 0 aliphatic heterocycles. The van der Waals surface area contributed by atoms with Crippen LogP contribution >= 0.6 is 22.9 Å². The molecule has 156 valence electrons. The van der Waals surface area contributed by atoms with Crippen molar-refractivity contribution in [2.75, 3.05) is 33.1 Å². The molecule has 29 heavy (non-hydrogen) atoms. The molecule has 0 radical (unpaired) electrons. The first-order valence-electron chi connectivity index (χ1n) is 7.91. The van der Waals surface area contributed by atoms with Crippen LogP contribution in [0.2, 0.25) is 4.34 Å². The second-order valence-corrected chi connectivity index (χ2v) is 9.64. The van der Waals surface area contributed by atoms with Gasteiger partial charge < -0.3 is 14.8 Å². The highest BCUT2D eigenvalue weighted by Crippen LogP contribution is 2.27. The van der Waals surface area contributed by atoms with Gasteiger partial charge in [0.2, 0.25) is 5.91 Å². The zero-order valence-electron chi connectivity index (χ0n) is 15.6. The lowest BCUT2D eigenvalue weighted by Gasteiger charge is -2.16. The average Bonchev–Trinajstić information content (AvgIpc) is 3.13. The fraction of sp³-hybridized carbons (Fsp3) is 0.235. The van der Waals surface area contributed by atoms with Gasteiger partial charge >= 0.3 is 11.9 Å². The van der Waals surface area contributed by atoms with E-state index in [9.17, 15) is 22.8 Å². The monoisotopic (exact) mass is 460 g/mol. The number of likely N-dealkylation sites (N-methyl/N-ethyl adjacent to an activating group) is 1. The van der Waals surface area contributed by atoms with Crippen molar-refractivity contribution in [3.63, 3.8) is 0 Å². The highest BCUT2D eigenvalue weighted by atomic mass is 35.5. The summed E-state index contributed by atoms with van der Waals surface area (Å²) in [6.07, 6.45) is 0. The average molecular weight is 461 g/mol. The van der Waals surface area contributed by atoms with Gasteiger partial charge in [-0.15, -0.1) is 11.3 Å². The van der Waals surface area contributed by atoms with Gasteiger partial charge in [0.1, 0.15) is 4.21 Å². The number of amides is 1. The van der Waals surface area contributed by atoms with Crippen LogP contribution < -0.4 is 5.32 Å². The number of methoxy groups -OCH3 is 2.